The van der Waals surface area contributed by atoms with Crippen molar-refractivity contribution in [3.63, 3.8) is 0 Å². The van der Waals surface area contributed by atoms with E-state index < -0.39 is 11.9 Å². The zero-order chi connectivity index (χ0) is 14.0. The van der Waals surface area contributed by atoms with Gasteiger partial charge in [0, 0.05) is 11.6 Å². The number of aliphatic hydroxyl groups is 1. The highest BCUT2D eigenvalue weighted by molar-refractivity contribution is 5.35. The molecule has 0 saturated carbocycles. The molecule has 2 rings (SSSR count). The van der Waals surface area contributed by atoms with Crippen LogP contribution in [0.25, 0.3) is 0 Å². The second-order valence-electron chi connectivity index (χ2n) is 4.59. The number of benzene rings is 1. The van der Waals surface area contributed by atoms with E-state index in [2.05, 4.69) is 4.98 Å². The lowest BCUT2D eigenvalue weighted by Crippen LogP contribution is -2.11. The predicted octanol–water partition coefficient (Wildman–Crippen LogP) is 2.69. The van der Waals surface area contributed by atoms with E-state index >= 15 is 0 Å². The lowest BCUT2D eigenvalue weighted by atomic mass is 10.1. The summed E-state index contributed by atoms with van der Waals surface area (Å²) in [7, 11) is 1.40. The predicted molar refractivity (Wildman–Crippen MR) is 69.6 cm³/mol. The molecule has 0 amide bonds. The van der Waals surface area contributed by atoms with Gasteiger partial charge in [0.15, 0.2) is 11.6 Å². The molecule has 1 heterocycles. The number of aromatic nitrogens is 2. The highest BCUT2D eigenvalue weighted by Crippen LogP contribution is 2.29. The molecule has 1 aromatic heterocycles. The van der Waals surface area contributed by atoms with Gasteiger partial charge in [0.05, 0.1) is 25.3 Å². The fraction of sp³-hybridized carbons (Fsp3) is 0.357. The van der Waals surface area contributed by atoms with Crippen LogP contribution in [-0.2, 0) is 0 Å². The number of halogens is 1. The van der Waals surface area contributed by atoms with Crippen LogP contribution in [0.1, 0.15) is 37.3 Å². The summed E-state index contributed by atoms with van der Waals surface area (Å²) in [6, 6.07) is 4.85. The minimum atomic E-state index is -1.07. The molecule has 2 aromatic rings. The maximum Gasteiger partial charge on any atom is 0.171 e. The Hall–Kier alpha value is -1.88. The van der Waals surface area contributed by atoms with E-state index in [0.29, 0.717) is 5.69 Å². The Labute approximate surface area is 111 Å². The van der Waals surface area contributed by atoms with Gasteiger partial charge in [-0.3, -0.25) is 0 Å². The molecule has 0 aliphatic rings. The molecular weight excluding hydrogens is 247 g/mol. The highest BCUT2D eigenvalue weighted by atomic mass is 19.1. The van der Waals surface area contributed by atoms with Gasteiger partial charge >= 0.3 is 0 Å². The smallest absolute Gasteiger partial charge is 0.171 e. The number of nitrogens with zero attached hydrogens (tertiary/aromatic N) is 2. The second kappa shape index (κ2) is 5.40. The SMILES string of the molecule is COc1cccc(C(O)c2cncn2C(C)C)c1F. The molecule has 4 nitrogen and oxygen atoms in total. The summed E-state index contributed by atoms with van der Waals surface area (Å²) in [6.07, 6.45) is 2.10. The molecular formula is C14H17FN2O2. The monoisotopic (exact) mass is 264 g/mol. The molecule has 0 aliphatic heterocycles. The average molecular weight is 264 g/mol. The van der Waals surface area contributed by atoms with Crippen LogP contribution in [0.4, 0.5) is 4.39 Å². The number of imidazole rings is 1. The van der Waals surface area contributed by atoms with Gasteiger partial charge in [0.25, 0.3) is 0 Å². The standard InChI is InChI=1S/C14H17FN2O2/c1-9(2)17-8-16-7-11(17)14(18)10-5-4-6-12(19-3)13(10)15/h4-9,14,18H,1-3H3. The number of ether oxygens (including phenoxy) is 1. The first-order valence-electron chi connectivity index (χ1n) is 6.08. The summed E-state index contributed by atoms with van der Waals surface area (Å²) in [5.41, 5.74) is 0.740. The van der Waals surface area contributed by atoms with Crippen molar-refractivity contribution in [1.82, 2.24) is 9.55 Å². The molecule has 19 heavy (non-hydrogen) atoms. The van der Waals surface area contributed by atoms with Crippen molar-refractivity contribution in [3.05, 3.63) is 47.8 Å². The number of aliphatic hydroxyl groups excluding tert-OH is 1. The van der Waals surface area contributed by atoms with Gasteiger partial charge in [0.1, 0.15) is 6.10 Å². The molecule has 1 unspecified atom stereocenters. The Bertz CT molecular complexity index is 566. The van der Waals surface area contributed by atoms with Crippen molar-refractivity contribution < 1.29 is 14.2 Å². The molecule has 5 heteroatoms. The van der Waals surface area contributed by atoms with Crippen LogP contribution in [0.3, 0.4) is 0 Å². The van der Waals surface area contributed by atoms with Gasteiger partial charge in [-0.25, -0.2) is 9.37 Å². The van der Waals surface area contributed by atoms with E-state index in [4.69, 9.17) is 4.74 Å². The second-order valence-corrected chi connectivity index (χ2v) is 4.59. The third-order valence-corrected chi connectivity index (χ3v) is 3.04. The summed E-state index contributed by atoms with van der Waals surface area (Å²) in [4.78, 5) is 4.01. The van der Waals surface area contributed by atoms with E-state index in [1.54, 1.807) is 24.7 Å². The topological polar surface area (TPSA) is 47.3 Å². The Morgan fingerprint density at radius 2 is 2.11 bits per heavy atom. The van der Waals surface area contributed by atoms with Gasteiger partial charge in [-0.1, -0.05) is 12.1 Å². The van der Waals surface area contributed by atoms with E-state index in [0.717, 1.165) is 0 Å². The van der Waals surface area contributed by atoms with Crippen LogP contribution in [0.2, 0.25) is 0 Å². The third-order valence-electron chi connectivity index (χ3n) is 3.04. The first-order valence-corrected chi connectivity index (χ1v) is 6.08. The highest BCUT2D eigenvalue weighted by Gasteiger charge is 2.21. The van der Waals surface area contributed by atoms with E-state index in [9.17, 15) is 9.50 Å². The zero-order valence-electron chi connectivity index (χ0n) is 11.2. The Kier molecular flexibility index (Phi) is 3.85. The molecule has 102 valence electrons. The van der Waals surface area contributed by atoms with Gasteiger partial charge in [-0.15, -0.1) is 0 Å². The Morgan fingerprint density at radius 3 is 2.74 bits per heavy atom. The molecule has 1 aromatic carbocycles. The van der Waals surface area contributed by atoms with Crippen LogP contribution in [0.15, 0.2) is 30.7 Å². The quantitative estimate of drug-likeness (QED) is 0.923. The van der Waals surface area contributed by atoms with E-state index in [-0.39, 0.29) is 17.4 Å². The Morgan fingerprint density at radius 1 is 1.37 bits per heavy atom. The average Bonchev–Trinajstić information content (AvgIpc) is 2.87. The molecule has 0 radical (unpaired) electrons. The van der Waals surface area contributed by atoms with E-state index in [1.165, 1.54) is 13.2 Å². The summed E-state index contributed by atoms with van der Waals surface area (Å²) >= 11 is 0. The molecule has 1 atom stereocenters. The molecule has 0 bridgehead atoms. The van der Waals surface area contributed by atoms with Crippen molar-refractivity contribution in [1.29, 1.82) is 0 Å². The van der Waals surface area contributed by atoms with Crippen LogP contribution in [-0.4, -0.2) is 21.8 Å². The molecule has 0 fully saturated rings. The van der Waals surface area contributed by atoms with Crippen molar-refractivity contribution in [2.75, 3.05) is 7.11 Å². The van der Waals surface area contributed by atoms with Gasteiger partial charge in [-0.2, -0.15) is 0 Å². The van der Waals surface area contributed by atoms with Gasteiger partial charge in [-0.05, 0) is 19.9 Å². The molecule has 0 aliphatic carbocycles. The van der Waals surface area contributed by atoms with Crippen molar-refractivity contribution in [2.24, 2.45) is 0 Å². The minimum Gasteiger partial charge on any atom is -0.494 e. The normalized spacial score (nSPS) is 12.7. The van der Waals surface area contributed by atoms with Crippen LogP contribution >= 0.6 is 0 Å². The summed E-state index contributed by atoms with van der Waals surface area (Å²) < 4.78 is 20.9. The van der Waals surface area contributed by atoms with Crippen LogP contribution < -0.4 is 4.74 Å². The first kappa shape index (κ1) is 13.5. The van der Waals surface area contributed by atoms with Crippen molar-refractivity contribution in [2.45, 2.75) is 26.0 Å². The Balaban J connectivity index is 2.44. The molecule has 0 saturated heterocycles. The largest absolute Gasteiger partial charge is 0.494 e. The minimum absolute atomic E-state index is 0.118. The molecule has 1 N–H and O–H groups in total. The number of rotatable bonds is 4. The van der Waals surface area contributed by atoms with Crippen molar-refractivity contribution in [3.8, 4) is 5.75 Å². The van der Waals surface area contributed by atoms with E-state index in [1.807, 2.05) is 18.4 Å². The van der Waals surface area contributed by atoms with Crippen LogP contribution in [0, 0.1) is 5.82 Å². The summed E-state index contributed by atoms with van der Waals surface area (Å²) in [5, 5.41) is 10.4. The fourth-order valence-electron chi connectivity index (χ4n) is 2.01. The zero-order valence-corrected chi connectivity index (χ0v) is 11.2. The first-order chi connectivity index (χ1) is 9.06. The lowest BCUT2D eigenvalue weighted by Gasteiger charge is -2.18. The third kappa shape index (κ3) is 2.46. The lowest BCUT2D eigenvalue weighted by molar-refractivity contribution is 0.201. The molecule has 0 spiro atoms. The summed E-state index contributed by atoms with van der Waals surface area (Å²) in [5.74, 6) is -0.429. The van der Waals surface area contributed by atoms with Gasteiger partial charge in [0.2, 0.25) is 0 Å². The maximum atomic E-state index is 14.1. The maximum absolute atomic E-state index is 14.1. The summed E-state index contributed by atoms with van der Waals surface area (Å²) in [6.45, 7) is 3.94. The number of methoxy groups -OCH3 is 1. The van der Waals surface area contributed by atoms with Gasteiger partial charge < -0.3 is 14.4 Å². The van der Waals surface area contributed by atoms with Crippen molar-refractivity contribution >= 4 is 0 Å². The number of hydrogen-bond acceptors (Lipinski definition) is 3. The number of hydrogen-bond donors (Lipinski definition) is 1. The fourth-order valence-corrected chi connectivity index (χ4v) is 2.01. The van der Waals surface area contributed by atoms with Crippen LogP contribution in [0.5, 0.6) is 5.75 Å².